The lowest BCUT2D eigenvalue weighted by Crippen LogP contribution is -2.49. The van der Waals surface area contributed by atoms with E-state index >= 15 is 0 Å². The summed E-state index contributed by atoms with van der Waals surface area (Å²) in [5, 5.41) is 19.6. The lowest BCUT2D eigenvalue weighted by atomic mass is 10.3. The van der Waals surface area contributed by atoms with Crippen LogP contribution in [0.5, 0.6) is 0 Å². The maximum Gasteiger partial charge on any atom is 0.240 e. The van der Waals surface area contributed by atoms with E-state index in [1.54, 1.807) is 11.6 Å². The molecule has 23 heavy (non-hydrogen) atoms. The van der Waals surface area contributed by atoms with Crippen molar-refractivity contribution < 1.29 is 4.79 Å². The predicted octanol–water partition coefficient (Wildman–Crippen LogP) is 0.565. The molecular weight excluding hydrogens is 314 g/mol. The van der Waals surface area contributed by atoms with E-state index in [1.165, 1.54) is 11.3 Å². The van der Waals surface area contributed by atoms with Crippen LogP contribution in [0.25, 0.3) is 0 Å². The van der Waals surface area contributed by atoms with Crippen molar-refractivity contribution in [3.8, 4) is 6.07 Å². The van der Waals surface area contributed by atoms with E-state index < -0.39 is 0 Å². The lowest BCUT2D eigenvalue weighted by molar-refractivity contribution is -0.117. The SMILES string of the molecule is N#Cc1cccc(N2CCN(CC(=O)Nc3nncs3)CC2)n1. The van der Waals surface area contributed by atoms with Crippen molar-refractivity contribution in [1.29, 1.82) is 5.26 Å². The van der Waals surface area contributed by atoms with Gasteiger partial charge in [0.2, 0.25) is 11.0 Å². The van der Waals surface area contributed by atoms with Gasteiger partial charge in [0.15, 0.2) is 0 Å². The maximum absolute atomic E-state index is 11.9. The minimum absolute atomic E-state index is 0.0835. The van der Waals surface area contributed by atoms with Crippen LogP contribution in [0.1, 0.15) is 5.69 Å². The first-order chi connectivity index (χ1) is 11.2. The van der Waals surface area contributed by atoms with Crippen LogP contribution < -0.4 is 10.2 Å². The van der Waals surface area contributed by atoms with Gasteiger partial charge in [-0.3, -0.25) is 15.0 Å². The van der Waals surface area contributed by atoms with Gasteiger partial charge in [-0.1, -0.05) is 17.4 Å². The molecule has 0 radical (unpaired) electrons. The summed E-state index contributed by atoms with van der Waals surface area (Å²) < 4.78 is 0. The maximum atomic E-state index is 11.9. The summed E-state index contributed by atoms with van der Waals surface area (Å²) in [6.45, 7) is 3.41. The highest BCUT2D eigenvalue weighted by Crippen LogP contribution is 2.14. The van der Waals surface area contributed by atoms with Gasteiger partial charge in [-0.25, -0.2) is 4.98 Å². The second kappa shape index (κ2) is 7.13. The molecule has 8 nitrogen and oxygen atoms in total. The summed E-state index contributed by atoms with van der Waals surface area (Å²) in [5.41, 5.74) is 2.00. The molecule has 1 amide bonds. The summed E-state index contributed by atoms with van der Waals surface area (Å²) in [7, 11) is 0. The van der Waals surface area contributed by atoms with Gasteiger partial charge in [0, 0.05) is 26.2 Å². The number of hydrogen-bond acceptors (Lipinski definition) is 8. The van der Waals surface area contributed by atoms with Gasteiger partial charge in [-0.15, -0.1) is 10.2 Å². The van der Waals surface area contributed by atoms with E-state index in [0.717, 1.165) is 32.0 Å². The molecule has 0 saturated carbocycles. The van der Waals surface area contributed by atoms with Gasteiger partial charge < -0.3 is 4.90 Å². The van der Waals surface area contributed by atoms with Crippen LogP contribution in [0.3, 0.4) is 0 Å². The molecule has 0 aliphatic carbocycles. The molecular formula is C14H15N7OS. The molecule has 0 spiro atoms. The molecule has 1 saturated heterocycles. The predicted molar refractivity (Wildman–Crippen MR) is 86.1 cm³/mol. The van der Waals surface area contributed by atoms with Gasteiger partial charge in [0.25, 0.3) is 0 Å². The van der Waals surface area contributed by atoms with Crippen LogP contribution in [0.2, 0.25) is 0 Å². The highest BCUT2D eigenvalue weighted by Gasteiger charge is 2.20. The second-order valence-corrected chi connectivity index (χ2v) is 5.88. The van der Waals surface area contributed by atoms with Crippen molar-refractivity contribution in [2.45, 2.75) is 0 Å². The van der Waals surface area contributed by atoms with Crippen LogP contribution in [0.15, 0.2) is 23.7 Å². The number of rotatable bonds is 4. The smallest absolute Gasteiger partial charge is 0.240 e. The monoisotopic (exact) mass is 329 g/mol. The van der Waals surface area contributed by atoms with Crippen LogP contribution in [0.4, 0.5) is 10.9 Å². The number of pyridine rings is 1. The number of nitrogens with one attached hydrogen (secondary N) is 1. The molecule has 3 rings (SSSR count). The number of carbonyl (C=O) groups excluding carboxylic acids is 1. The van der Waals surface area contributed by atoms with Gasteiger partial charge in [-0.05, 0) is 12.1 Å². The summed E-state index contributed by atoms with van der Waals surface area (Å²) in [4.78, 5) is 20.5. The number of carbonyl (C=O) groups is 1. The first-order valence-corrected chi connectivity index (χ1v) is 8.03. The fraction of sp³-hybridized carbons (Fsp3) is 0.357. The van der Waals surface area contributed by atoms with Crippen molar-refractivity contribution in [1.82, 2.24) is 20.1 Å². The molecule has 118 valence electrons. The number of amides is 1. The standard InChI is InChI=1S/C14H15N7OS/c15-8-11-2-1-3-12(17-11)21-6-4-20(5-7-21)9-13(22)18-14-19-16-10-23-14/h1-3,10H,4-7,9H2,(H,18,19,22). The Hall–Kier alpha value is -2.57. The third-order valence-electron chi connectivity index (χ3n) is 3.52. The van der Waals surface area contributed by atoms with E-state index in [4.69, 9.17) is 5.26 Å². The van der Waals surface area contributed by atoms with E-state index in [0.29, 0.717) is 17.4 Å². The van der Waals surface area contributed by atoms with Crippen LogP contribution in [-0.2, 0) is 4.79 Å². The molecule has 2 aromatic heterocycles. The third kappa shape index (κ3) is 4.00. The summed E-state index contributed by atoms with van der Waals surface area (Å²) in [5.74, 6) is 0.724. The van der Waals surface area contributed by atoms with Crippen molar-refractivity contribution >= 4 is 28.2 Å². The number of anilines is 2. The molecule has 2 aromatic rings. The highest BCUT2D eigenvalue weighted by molar-refractivity contribution is 7.13. The fourth-order valence-electron chi connectivity index (χ4n) is 2.39. The van der Waals surface area contributed by atoms with Crippen molar-refractivity contribution in [3.63, 3.8) is 0 Å². The van der Waals surface area contributed by atoms with Gasteiger partial charge in [-0.2, -0.15) is 5.26 Å². The minimum Gasteiger partial charge on any atom is -0.354 e. The van der Waals surface area contributed by atoms with Crippen LogP contribution in [0, 0.1) is 11.3 Å². The quantitative estimate of drug-likeness (QED) is 0.875. The number of piperazine rings is 1. The Bertz CT molecular complexity index is 704. The zero-order valence-electron chi connectivity index (χ0n) is 12.3. The summed E-state index contributed by atoms with van der Waals surface area (Å²) >= 11 is 1.30. The van der Waals surface area contributed by atoms with E-state index in [-0.39, 0.29) is 5.91 Å². The molecule has 1 aliphatic rings. The molecule has 0 atom stereocenters. The van der Waals surface area contributed by atoms with Gasteiger partial charge in [0.05, 0.1) is 6.54 Å². The van der Waals surface area contributed by atoms with Gasteiger partial charge >= 0.3 is 0 Å². The third-order valence-corrected chi connectivity index (χ3v) is 4.13. The van der Waals surface area contributed by atoms with Crippen LogP contribution >= 0.6 is 11.3 Å². The van der Waals surface area contributed by atoms with E-state index in [9.17, 15) is 4.79 Å². The molecule has 1 N–H and O–H groups in total. The summed E-state index contributed by atoms with van der Waals surface area (Å²) in [6, 6.07) is 7.48. The molecule has 0 aromatic carbocycles. The Labute approximate surface area is 137 Å². The first-order valence-electron chi connectivity index (χ1n) is 7.15. The average molecular weight is 329 g/mol. The van der Waals surface area contributed by atoms with E-state index in [1.807, 2.05) is 12.1 Å². The zero-order valence-corrected chi connectivity index (χ0v) is 13.2. The number of nitriles is 1. The molecule has 3 heterocycles. The zero-order chi connectivity index (χ0) is 16.1. The molecule has 0 bridgehead atoms. The number of nitrogens with zero attached hydrogens (tertiary/aromatic N) is 6. The lowest BCUT2D eigenvalue weighted by Gasteiger charge is -2.34. The van der Waals surface area contributed by atoms with Crippen molar-refractivity contribution in [2.75, 3.05) is 42.9 Å². The normalized spacial score (nSPS) is 15.2. The Morgan fingerprint density at radius 3 is 2.87 bits per heavy atom. The largest absolute Gasteiger partial charge is 0.354 e. The highest BCUT2D eigenvalue weighted by atomic mass is 32.1. The second-order valence-electron chi connectivity index (χ2n) is 5.05. The van der Waals surface area contributed by atoms with E-state index in [2.05, 4.69) is 36.4 Å². The first kappa shape index (κ1) is 15.3. The molecule has 9 heteroatoms. The topological polar surface area (TPSA) is 98.0 Å². The Kier molecular flexibility index (Phi) is 4.75. The van der Waals surface area contributed by atoms with Crippen LogP contribution in [-0.4, -0.2) is 58.7 Å². The fourth-order valence-corrected chi connectivity index (χ4v) is 2.85. The number of aromatic nitrogens is 3. The van der Waals surface area contributed by atoms with Crippen molar-refractivity contribution in [2.24, 2.45) is 0 Å². The molecule has 1 fully saturated rings. The molecule has 1 aliphatic heterocycles. The number of hydrogen-bond donors (Lipinski definition) is 1. The Morgan fingerprint density at radius 2 is 2.17 bits per heavy atom. The van der Waals surface area contributed by atoms with Crippen molar-refractivity contribution in [3.05, 3.63) is 29.4 Å². The Balaban J connectivity index is 1.50. The average Bonchev–Trinajstić information content (AvgIpc) is 3.08. The molecule has 0 unspecified atom stereocenters. The van der Waals surface area contributed by atoms with Gasteiger partial charge in [0.1, 0.15) is 23.1 Å². The summed E-state index contributed by atoms with van der Waals surface area (Å²) in [6.07, 6.45) is 0. The minimum atomic E-state index is -0.0835. The Morgan fingerprint density at radius 1 is 1.35 bits per heavy atom.